The Bertz CT molecular complexity index is 1340. The highest BCUT2D eigenvalue weighted by atomic mass is 32.1. The van der Waals surface area contributed by atoms with Crippen LogP contribution in [0.1, 0.15) is 22.9 Å². The molecule has 0 bridgehead atoms. The Morgan fingerprint density at radius 3 is 2.64 bits per heavy atom. The second-order valence-electron chi connectivity index (χ2n) is 6.95. The van der Waals surface area contributed by atoms with Crippen molar-refractivity contribution in [1.82, 2.24) is 13.7 Å². The van der Waals surface area contributed by atoms with E-state index >= 15 is 0 Å². The van der Waals surface area contributed by atoms with Crippen LogP contribution in [0.25, 0.3) is 21.1 Å². The summed E-state index contributed by atoms with van der Waals surface area (Å²) in [5.74, 6) is 0. The number of hydrogen-bond donors (Lipinski definition) is 0. The number of carbonyl (C=O) groups is 1. The van der Waals surface area contributed by atoms with Crippen LogP contribution >= 0.6 is 11.3 Å². The number of benzene rings is 1. The summed E-state index contributed by atoms with van der Waals surface area (Å²) in [7, 11) is 1.98. The van der Waals surface area contributed by atoms with Crippen molar-refractivity contribution in [2.24, 2.45) is 7.05 Å². The number of nitrogens with zero attached hydrogens (tertiary/aromatic N) is 3. The molecule has 3 heterocycles. The summed E-state index contributed by atoms with van der Waals surface area (Å²) in [4.78, 5) is 38.8. The maximum atomic E-state index is 13.1. The molecule has 0 saturated heterocycles. The van der Waals surface area contributed by atoms with Crippen LogP contribution in [0.15, 0.2) is 40.1 Å². The maximum Gasteiger partial charge on any atom is 0.332 e. The zero-order valence-corrected chi connectivity index (χ0v) is 16.9. The third-order valence-electron chi connectivity index (χ3n) is 5.26. The van der Waals surface area contributed by atoms with Gasteiger partial charge in [0.1, 0.15) is 11.1 Å². The van der Waals surface area contributed by atoms with E-state index in [1.807, 2.05) is 49.9 Å². The Hall–Kier alpha value is -2.93. The highest BCUT2D eigenvalue weighted by Crippen LogP contribution is 2.28. The number of fused-ring (bicyclic) bond motifs is 2. The first-order valence-electron chi connectivity index (χ1n) is 9.19. The van der Waals surface area contributed by atoms with Gasteiger partial charge in [-0.1, -0.05) is 19.1 Å². The van der Waals surface area contributed by atoms with Gasteiger partial charge in [-0.05, 0) is 42.0 Å². The van der Waals surface area contributed by atoms with E-state index < -0.39 is 5.69 Å². The van der Waals surface area contributed by atoms with E-state index in [1.165, 1.54) is 11.3 Å². The zero-order chi connectivity index (χ0) is 20.0. The zero-order valence-electron chi connectivity index (χ0n) is 16.1. The summed E-state index contributed by atoms with van der Waals surface area (Å²) < 4.78 is 4.70. The lowest BCUT2D eigenvalue weighted by Crippen LogP contribution is -2.40. The highest BCUT2D eigenvalue weighted by molar-refractivity contribution is 7.18. The normalized spacial score (nSPS) is 11.5. The van der Waals surface area contributed by atoms with Crippen molar-refractivity contribution in [3.8, 4) is 0 Å². The lowest BCUT2D eigenvalue weighted by molar-refractivity contribution is -0.108. The summed E-state index contributed by atoms with van der Waals surface area (Å²) in [5.41, 5.74) is 2.13. The van der Waals surface area contributed by atoms with Crippen LogP contribution in [0, 0.1) is 6.92 Å². The molecule has 0 aliphatic carbocycles. The van der Waals surface area contributed by atoms with Gasteiger partial charge in [0.2, 0.25) is 0 Å². The fraction of sp³-hybridized carbons (Fsp3) is 0.286. The number of hydrogen-bond acceptors (Lipinski definition) is 4. The fourth-order valence-electron chi connectivity index (χ4n) is 3.74. The smallest absolute Gasteiger partial charge is 0.332 e. The number of aryl methyl sites for hydroxylation is 3. The second kappa shape index (κ2) is 6.91. The molecular formula is C21H21N3O3S. The Balaban J connectivity index is 1.98. The molecule has 28 heavy (non-hydrogen) atoms. The van der Waals surface area contributed by atoms with Gasteiger partial charge in [-0.2, -0.15) is 0 Å². The Morgan fingerprint density at radius 1 is 1.14 bits per heavy atom. The number of rotatable bonds is 5. The lowest BCUT2D eigenvalue weighted by Gasteiger charge is -2.11. The minimum absolute atomic E-state index is 0.235. The third kappa shape index (κ3) is 2.74. The molecule has 0 saturated carbocycles. The summed E-state index contributed by atoms with van der Waals surface area (Å²) >= 11 is 1.49. The van der Waals surface area contributed by atoms with Crippen LogP contribution < -0.4 is 11.2 Å². The van der Waals surface area contributed by atoms with E-state index in [0.29, 0.717) is 23.0 Å². The number of thiophene rings is 1. The van der Waals surface area contributed by atoms with Crippen LogP contribution in [0.2, 0.25) is 0 Å². The van der Waals surface area contributed by atoms with Gasteiger partial charge in [-0.15, -0.1) is 11.3 Å². The molecule has 1 aromatic carbocycles. The first-order valence-corrected chi connectivity index (χ1v) is 10.0. The van der Waals surface area contributed by atoms with E-state index in [1.54, 1.807) is 4.57 Å². The molecule has 0 atom stereocenters. The predicted molar refractivity (Wildman–Crippen MR) is 113 cm³/mol. The molecule has 0 radical (unpaired) electrons. The molecule has 7 heteroatoms. The van der Waals surface area contributed by atoms with Gasteiger partial charge in [0, 0.05) is 23.6 Å². The molecule has 144 valence electrons. The molecule has 0 fully saturated rings. The molecular weight excluding hydrogens is 374 g/mol. The van der Waals surface area contributed by atoms with E-state index in [4.69, 9.17) is 0 Å². The molecule has 4 rings (SSSR count). The maximum absolute atomic E-state index is 13.1. The molecule has 0 unspecified atom stereocenters. The van der Waals surface area contributed by atoms with Gasteiger partial charge in [0.25, 0.3) is 5.56 Å². The van der Waals surface area contributed by atoms with Crippen LogP contribution in [0.3, 0.4) is 0 Å². The van der Waals surface area contributed by atoms with Gasteiger partial charge in [0.15, 0.2) is 0 Å². The van der Waals surface area contributed by atoms with Crippen molar-refractivity contribution in [2.75, 3.05) is 0 Å². The topological polar surface area (TPSA) is 66.0 Å². The van der Waals surface area contributed by atoms with Gasteiger partial charge in [-0.25, -0.2) is 4.79 Å². The second-order valence-corrected chi connectivity index (χ2v) is 8.04. The molecule has 6 nitrogen and oxygen atoms in total. The van der Waals surface area contributed by atoms with Crippen molar-refractivity contribution >= 4 is 38.7 Å². The first-order chi connectivity index (χ1) is 13.5. The van der Waals surface area contributed by atoms with Crippen LogP contribution in [0.4, 0.5) is 0 Å². The SMILES string of the molecule is CCc1sc2c(c1C)c(=O)n(CC=O)c(=O)n2Cc1ccc2ccn(C)c2c1. The molecule has 0 amide bonds. The van der Waals surface area contributed by atoms with Gasteiger partial charge in [0.05, 0.1) is 18.5 Å². The lowest BCUT2D eigenvalue weighted by atomic mass is 10.1. The van der Waals surface area contributed by atoms with Crippen LogP contribution in [-0.4, -0.2) is 20.0 Å². The Labute approximate surface area is 165 Å². The van der Waals surface area contributed by atoms with Gasteiger partial charge < -0.3 is 9.36 Å². The highest BCUT2D eigenvalue weighted by Gasteiger charge is 2.19. The van der Waals surface area contributed by atoms with Crippen molar-refractivity contribution in [1.29, 1.82) is 0 Å². The van der Waals surface area contributed by atoms with Gasteiger partial charge >= 0.3 is 5.69 Å². The third-order valence-corrected chi connectivity index (χ3v) is 6.72. The minimum Gasteiger partial charge on any atom is -0.351 e. The molecule has 3 aromatic heterocycles. The molecule has 0 spiro atoms. The predicted octanol–water partition coefficient (Wildman–Crippen LogP) is 2.83. The van der Waals surface area contributed by atoms with Crippen LogP contribution in [-0.2, 0) is 31.4 Å². The van der Waals surface area contributed by atoms with E-state index in [-0.39, 0.29) is 12.1 Å². The summed E-state index contributed by atoms with van der Waals surface area (Å²) in [6.07, 6.45) is 3.39. The van der Waals surface area contributed by atoms with Crippen LogP contribution in [0.5, 0.6) is 0 Å². The molecule has 4 aromatic rings. The van der Waals surface area contributed by atoms with Crippen molar-refractivity contribution in [2.45, 2.75) is 33.4 Å². The van der Waals surface area contributed by atoms with Crippen molar-refractivity contribution in [3.63, 3.8) is 0 Å². The average Bonchev–Trinajstić information content (AvgIpc) is 3.22. The average molecular weight is 395 g/mol. The summed E-state index contributed by atoms with van der Waals surface area (Å²) in [5, 5.41) is 1.68. The van der Waals surface area contributed by atoms with Gasteiger partial charge in [-0.3, -0.25) is 13.9 Å². The Morgan fingerprint density at radius 2 is 1.93 bits per heavy atom. The molecule has 0 aliphatic rings. The molecule has 0 aliphatic heterocycles. The van der Waals surface area contributed by atoms with E-state index in [9.17, 15) is 14.4 Å². The summed E-state index contributed by atoms with van der Waals surface area (Å²) in [6.45, 7) is 4.06. The quantitative estimate of drug-likeness (QED) is 0.488. The number of aromatic nitrogens is 3. The fourth-order valence-corrected chi connectivity index (χ4v) is 4.97. The molecule has 0 N–H and O–H groups in total. The number of carbonyl (C=O) groups excluding carboxylic acids is 1. The first kappa shape index (κ1) is 18.4. The van der Waals surface area contributed by atoms with Crippen molar-refractivity contribution in [3.05, 3.63) is 67.3 Å². The monoisotopic (exact) mass is 395 g/mol. The van der Waals surface area contributed by atoms with Crippen molar-refractivity contribution < 1.29 is 4.79 Å². The minimum atomic E-state index is -0.444. The summed E-state index contributed by atoms with van der Waals surface area (Å²) in [6, 6.07) is 8.14. The number of aldehydes is 1. The Kier molecular flexibility index (Phi) is 4.55. The largest absolute Gasteiger partial charge is 0.351 e. The van der Waals surface area contributed by atoms with E-state index in [2.05, 4.69) is 6.07 Å². The standard InChI is InChI=1S/C21H21N3O3S/c1-4-17-13(2)18-19(26)23(9-10-25)21(27)24(20(18)28-17)12-14-5-6-15-7-8-22(3)16(15)11-14/h5-8,10-11H,4,9,12H2,1-3H3. The van der Waals surface area contributed by atoms with E-state index in [0.717, 1.165) is 37.9 Å².